The molecule has 0 radical (unpaired) electrons. The fraction of sp³-hybridized carbons (Fsp3) is 0.400. The highest BCUT2D eigenvalue weighted by atomic mass is 35.5. The van der Waals surface area contributed by atoms with Crippen molar-refractivity contribution in [1.29, 1.82) is 0 Å². The first-order valence-electron chi connectivity index (χ1n) is 4.97. The lowest BCUT2D eigenvalue weighted by molar-refractivity contribution is -0.0980. The van der Waals surface area contributed by atoms with Crippen molar-refractivity contribution in [3.8, 4) is 0 Å². The molecule has 0 saturated heterocycles. The third-order valence-electron chi connectivity index (χ3n) is 3.02. The highest BCUT2D eigenvalue weighted by Crippen LogP contribution is 2.62. The van der Waals surface area contributed by atoms with Crippen molar-refractivity contribution in [2.45, 2.75) is 22.6 Å². The molecule has 7 heteroatoms. The Morgan fingerprint density at radius 2 is 1.71 bits per heavy atom. The summed E-state index contributed by atoms with van der Waals surface area (Å²) in [5.41, 5.74) is 0.847. The van der Waals surface area contributed by atoms with Gasteiger partial charge in [-0.2, -0.15) is 0 Å². The van der Waals surface area contributed by atoms with Crippen LogP contribution in [0, 0.1) is 0 Å². The van der Waals surface area contributed by atoms with Crippen molar-refractivity contribution in [2.24, 2.45) is 0 Å². The van der Waals surface area contributed by atoms with Crippen LogP contribution in [0.4, 0.5) is 8.78 Å². The van der Waals surface area contributed by atoms with Crippen molar-refractivity contribution in [3.05, 3.63) is 29.8 Å². The Morgan fingerprint density at radius 3 is 2.06 bits per heavy atom. The fourth-order valence-electron chi connectivity index (χ4n) is 1.87. The molecule has 2 rings (SSSR count). The van der Waals surface area contributed by atoms with Crippen molar-refractivity contribution >= 4 is 35.8 Å². The fourth-order valence-corrected chi connectivity index (χ4v) is 2.43. The third kappa shape index (κ3) is 2.06. The van der Waals surface area contributed by atoms with Crippen LogP contribution in [0.5, 0.6) is 0 Å². The monoisotopic (exact) mass is 280 g/mol. The first-order chi connectivity index (χ1) is 7.75. The minimum atomic E-state index is -3.09. The number of rotatable bonds is 2. The largest absolute Gasteiger partial charge is 0.488 e. The number of hydrogen-bond donors (Lipinski definition) is 2. The maximum Gasteiger partial charge on any atom is 0.488 e. The zero-order valence-corrected chi connectivity index (χ0v) is 10.1. The molecule has 0 aromatic heterocycles. The Balaban J connectivity index is 2.21. The first-order valence-corrected chi connectivity index (χ1v) is 5.73. The van der Waals surface area contributed by atoms with Crippen LogP contribution in [-0.4, -0.2) is 27.4 Å². The van der Waals surface area contributed by atoms with E-state index in [9.17, 15) is 8.78 Å². The van der Waals surface area contributed by atoms with Gasteiger partial charge in [0.2, 0.25) is 0 Å². The second kappa shape index (κ2) is 4.09. The van der Waals surface area contributed by atoms with Gasteiger partial charge in [-0.05, 0) is 11.0 Å². The first kappa shape index (κ1) is 13.1. The molecule has 0 amide bonds. The molecule has 92 valence electrons. The molecule has 2 N–H and O–H groups in total. The molecule has 0 spiro atoms. The minimum Gasteiger partial charge on any atom is -0.423 e. The van der Waals surface area contributed by atoms with E-state index in [2.05, 4.69) is 0 Å². The van der Waals surface area contributed by atoms with E-state index in [0.717, 1.165) is 0 Å². The lowest BCUT2D eigenvalue weighted by Crippen LogP contribution is -2.55. The Bertz CT molecular complexity index is 423. The van der Waals surface area contributed by atoms with E-state index in [-0.39, 0.29) is 5.46 Å². The molecule has 1 aliphatic carbocycles. The quantitative estimate of drug-likeness (QED) is 0.639. The van der Waals surface area contributed by atoms with E-state index in [1.807, 2.05) is 0 Å². The van der Waals surface area contributed by atoms with E-state index in [1.165, 1.54) is 24.3 Å². The highest BCUT2D eigenvalue weighted by molar-refractivity contribution is 6.58. The average Bonchev–Trinajstić information content (AvgIpc) is 2.26. The van der Waals surface area contributed by atoms with Crippen molar-refractivity contribution in [1.82, 2.24) is 0 Å². The summed E-state index contributed by atoms with van der Waals surface area (Å²) in [4.78, 5) is 0. The molecule has 17 heavy (non-hydrogen) atoms. The zero-order valence-electron chi connectivity index (χ0n) is 8.58. The summed E-state index contributed by atoms with van der Waals surface area (Å²) in [5.74, 6) is -3.73. The van der Waals surface area contributed by atoms with Crippen LogP contribution >= 0.6 is 23.2 Å². The van der Waals surface area contributed by atoms with Crippen molar-refractivity contribution in [2.75, 3.05) is 0 Å². The second-order valence-electron chi connectivity index (χ2n) is 4.12. The summed E-state index contributed by atoms with van der Waals surface area (Å²) in [5, 5.41) is 17.8. The predicted molar refractivity (Wildman–Crippen MR) is 63.0 cm³/mol. The van der Waals surface area contributed by atoms with Gasteiger partial charge < -0.3 is 10.0 Å². The molecule has 1 unspecified atom stereocenters. The molecule has 0 heterocycles. The van der Waals surface area contributed by atoms with Gasteiger partial charge in [0.15, 0.2) is 4.33 Å². The number of alkyl halides is 4. The zero-order chi connectivity index (χ0) is 12.8. The van der Waals surface area contributed by atoms with Crippen LogP contribution in [-0.2, 0) is 0 Å². The normalized spacial score (nSPS) is 25.2. The summed E-state index contributed by atoms with van der Waals surface area (Å²) in [6.45, 7) is 0. The van der Waals surface area contributed by atoms with Crippen LogP contribution in [0.3, 0.4) is 0 Å². The summed E-state index contributed by atoms with van der Waals surface area (Å²) in [7, 11) is -1.58. The third-order valence-corrected chi connectivity index (χ3v) is 4.10. The van der Waals surface area contributed by atoms with Crippen molar-refractivity contribution in [3.63, 3.8) is 0 Å². The van der Waals surface area contributed by atoms with Gasteiger partial charge in [-0.3, -0.25) is 0 Å². The summed E-state index contributed by atoms with van der Waals surface area (Å²) < 4.78 is 24.1. The van der Waals surface area contributed by atoms with Gasteiger partial charge >= 0.3 is 7.12 Å². The van der Waals surface area contributed by atoms with Gasteiger partial charge in [-0.15, -0.1) is 0 Å². The summed E-state index contributed by atoms with van der Waals surface area (Å²) in [6.07, 6.45) is -0.402. The average molecular weight is 281 g/mol. The van der Waals surface area contributed by atoms with E-state index >= 15 is 0 Å². The van der Waals surface area contributed by atoms with Crippen LogP contribution in [0.2, 0.25) is 0 Å². The number of halogens is 4. The van der Waals surface area contributed by atoms with E-state index in [4.69, 9.17) is 33.2 Å². The molecular formula is C10H9BCl2F2O2. The topological polar surface area (TPSA) is 40.5 Å². The molecule has 1 fully saturated rings. The van der Waals surface area contributed by atoms with E-state index in [1.54, 1.807) is 0 Å². The second-order valence-corrected chi connectivity index (χ2v) is 5.51. The highest BCUT2D eigenvalue weighted by Gasteiger charge is 2.67. The summed E-state index contributed by atoms with van der Waals surface area (Å²) in [6, 6.07) is 5.93. The van der Waals surface area contributed by atoms with Crippen molar-refractivity contribution < 1.29 is 18.8 Å². The van der Waals surface area contributed by atoms with Crippen LogP contribution in [0.25, 0.3) is 0 Å². The molecular weight excluding hydrogens is 272 g/mol. The van der Waals surface area contributed by atoms with Crippen LogP contribution < -0.4 is 5.46 Å². The van der Waals surface area contributed by atoms with Gasteiger partial charge in [-0.25, -0.2) is 8.78 Å². The maximum atomic E-state index is 13.1. The Kier molecular flexibility index (Phi) is 3.15. The van der Waals surface area contributed by atoms with Gasteiger partial charge in [0.05, 0.1) is 0 Å². The molecule has 0 bridgehead atoms. The molecule has 1 aromatic rings. The lowest BCUT2D eigenvalue weighted by atomic mass is 9.73. The van der Waals surface area contributed by atoms with Gasteiger partial charge in [0.25, 0.3) is 5.92 Å². The standard InChI is InChI=1S/C10H9BCl2F2O2/c12-10(13)8(5-9(10,14)15)6-1-3-7(4-2-6)11(16)17/h1-4,8,16-17H,5H2. The van der Waals surface area contributed by atoms with Gasteiger partial charge in [0, 0.05) is 12.3 Å². The molecule has 1 aromatic carbocycles. The molecule has 2 nitrogen and oxygen atoms in total. The maximum absolute atomic E-state index is 13.1. The molecule has 1 aliphatic rings. The Labute approximate surface area is 107 Å². The molecule has 1 atom stereocenters. The number of benzene rings is 1. The molecule has 0 aliphatic heterocycles. The van der Waals surface area contributed by atoms with Crippen LogP contribution in [0.15, 0.2) is 24.3 Å². The Morgan fingerprint density at radius 1 is 1.18 bits per heavy atom. The van der Waals surface area contributed by atoms with E-state index in [0.29, 0.717) is 5.56 Å². The van der Waals surface area contributed by atoms with Gasteiger partial charge in [0.1, 0.15) is 0 Å². The van der Waals surface area contributed by atoms with Gasteiger partial charge in [-0.1, -0.05) is 47.5 Å². The predicted octanol–water partition coefficient (Wildman–Crippen LogP) is 1.66. The SMILES string of the molecule is OB(O)c1ccc(C2CC(F)(F)C2(Cl)Cl)cc1. The van der Waals surface area contributed by atoms with E-state index < -0.39 is 29.7 Å². The smallest absolute Gasteiger partial charge is 0.423 e. The minimum absolute atomic E-state index is 0.287. The number of hydrogen-bond acceptors (Lipinski definition) is 2. The molecule has 1 saturated carbocycles. The van der Waals surface area contributed by atoms with Crippen LogP contribution in [0.1, 0.15) is 17.9 Å². The lowest BCUT2D eigenvalue weighted by Gasteiger charge is -2.47. The summed E-state index contributed by atoms with van der Waals surface area (Å²) >= 11 is 11.2. The Hall–Kier alpha value is -0.355.